The van der Waals surface area contributed by atoms with Crippen LogP contribution in [0, 0.1) is 0 Å². The molecule has 0 unspecified atom stereocenters. The van der Waals surface area contributed by atoms with Gasteiger partial charge in [-0.3, -0.25) is 10.0 Å². The first-order valence-corrected chi connectivity index (χ1v) is 10.2. The predicted octanol–water partition coefficient (Wildman–Crippen LogP) is 1.54. The monoisotopic (exact) mass is 416 g/mol. The van der Waals surface area contributed by atoms with Crippen LogP contribution in [-0.2, 0) is 24.3 Å². The van der Waals surface area contributed by atoms with Crippen molar-refractivity contribution in [2.24, 2.45) is 0 Å². The van der Waals surface area contributed by atoms with Gasteiger partial charge in [0.25, 0.3) is 5.91 Å². The normalized spacial score (nSPS) is 16.1. The SMILES string of the molecule is C=C1COC(C)(CN(CC(=O)NO)S(=O)(=O)c2ccc(OC)cc2)OC1.CC. The fraction of sp³-hybridized carbons (Fsp3) is 0.500. The summed E-state index contributed by atoms with van der Waals surface area (Å²) in [6, 6.07) is 5.72. The van der Waals surface area contributed by atoms with Gasteiger partial charge in [-0.15, -0.1) is 0 Å². The van der Waals surface area contributed by atoms with Gasteiger partial charge in [0.05, 0.1) is 38.3 Å². The molecule has 1 aliphatic heterocycles. The van der Waals surface area contributed by atoms with Crippen LogP contribution < -0.4 is 10.2 Å². The Morgan fingerprint density at radius 3 is 2.29 bits per heavy atom. The molecule has 10 heteroatoms. The molecule has 0 radical (unpaired) electrons. The average Bonchev–Trinajstić information content (AvgIpc) is 2.71. The third kappa shape index (κ3) is 6.28. The summed E-state index contributed by atoms with van der Waals surface area (Å²) in [6.45, 7) is 8.91. The molecule has 28 heavy (non-hydrogen) atoms. The summed E-state index contributed by atoms with van der Waals surface area (Å²) in [6.07, 6.45) is 0. The van der Waals surface area contributed by atoms with E-state index in [1.54, 1.807) is 6.92 Å². The highest BCUT2D eigenvalue weighted by Crippen LogP contribution is 2.26. The maximum absolute atomic E-state index is 13.0. The van der Waals surface area contributed by atoms with Gasteiger partial charge >= 0.3 is 0 Å². The number of hydrogen-bond acceptors (Lipinski definition) is 7. The number of carbonyl (C=O) groups excluding carboxylic acids is 1. The minimum atomic E-state index is -4.06. The van der Waals surface area contributed by atoms with Crippen LogP contribution in [0.15, 0.2) is 41.3 Å². The number of hydroxylamine groups is 1. The number of amides is 1. The molecule has 0 aromatic heterocycles. The Morgan fingerprint density at radius 1 is 1.29 bits per heavy atom. The van der Waals surface area contributed by atoms with Gasteiger partial charge in [0.1, 0.15) is 5.75 Å². The topological polar surface area (TPSA) is 114 Å². The van der Waals surface area contributed by atoms with Crippen LogP contribution in [0.25, 0.3) is 0 Å². The van der Waals surface area contributed by atoms with Crippen LogP contribution in [0.4, 0.5) is 0 Å². The second-order valence-electron chi connectivity index (χ2n) is 5.94. The van der Waals surface area contributed by atoms with Crippen LogP contribution in [0.5, 0.6) is 5.75 Å². The fourth-order valence-electron chi connectivity index (χ4n) is 2.32. The molecule has 1 heterocycles. The van der Waals surface area contributed by atoms with Crippen LogP contribution in [0.2, 0.25) is 0 Å². The molecule has 1 aliphatic rings. The van der Waals surface area contributed by atoms with Crippen molar-refractivity contribution in [3.05, 3.63) is 36.4 Å². The summed E-state index contributed by atoms with van der Waals surface area (Å²) in [4.78, 5) is 11.6. The van der Waals surface area contributed by atoms with E-state index in [0.29, 0.717) is 5.75 Å². The van der Waals surface area contributed by atoms with Crippen molar-refractivity contribution in [1.82, 2.24) is 9.79 Å². The van der Waals surface area contributed by atoms with Gasteiger partial charge in [0.15, 0.2) is 5.79 Å². The first-order valence-electron chi connectivity index (χ1n) is 8.72. The average molecular weight is 416 g/mol. The van der Waals surface area contributed by atoms with Crippen LogP contribution in [-0.4, -0.2) is 63.0 Å². The maximum Gasteiger partial charge on any atom is 0.258 e. The standard InChI is InChI=1S/C16H22N2O7S.C2H6/c1-12-9-24-16(2,25-10-12)11-18(8-15(19)17-20)26(21,22)14-6-4-13(23-3)5-7-14;1-2/h4-7,20H,1,8-11H2,2-3H3,(H,17,19);1-2H3. The zero-order valence-electron chi connectivity index (χ0n) is 16.6. The van der Waals surface area contributed by atoms with Crippen LogP contribution in [0.3, 0.4) is 0 Å². The van der Waals surface area contributed by atoms with E-state index in [1.165, 1.54) is 36.9 Å². The van der Waals surface area contributed by atoms with E-state index in [-0.39, 0.29) is 24.7 Å². The molecule has 2 N–H and O–H groups in total. The Bertz CT molecular complexity index is 753. The number of rotatable bonds is 7. The lowest BCUT2D eigenvalue weighted by Gasteiger charge is -2.37. The molecule has 0 spiro atoms. The Kier molecular flexibility index (Phi) is 9.05. The summed E-state index contributed by atoms with van der Waals surface area (Å²) in [7, 11) is -2.59. The molecule has 158 valence electrons. The quantitative estimate of drug-likeness (QED) is 0.394. The lowest BCUT2D eigenvalue weighted by molar-refractivity contribution is -0.240. The highest BCUT2D eigenvalue weighted by molar-refractivity contribution is 7.89. The van der Waals surface area contributed by atoms with E-state index < -0.39 is 28.3 Å². The Balaban J connectivity index is 0.00000190. The second-order valence-corrected chi connectivity index (χ2v) is 7.88. The van der Waals surface area contributed by atoms with Gasteiger partial charge in [0, 0.05) is 0 Å². The molecular formula is C18H28N2O7S. The van der Waals surface area contributed by atoms with Crippen LogP contribution in [0.1, 0.15) is 20.8 Å². The smallest absolute Gasteiger partial charge is 0.258 e. The number of methoxy groups -OCH3 is 1. The fourth-order valence-corrected chi connectivity index (χ4v) is 3.79. The summed E-state index contributed by atoms with van der Waals surface area (Å²) >= 11 is 0. The molecule has 2 rings (SSSR count). The molecule has 9 nitrogen and oxygen atoms in total. The lowest BCUT2D eigenvalue weighted by Crippen LogP contribution is -2.52. The minimum Gasteiger partial charge on any atom is -0.497 e. The Labute approximate surface area is 165 Å². The van der Waals surface area contributed by atoms with Crippen molar-refractivity contribution in [2.75, 3.05) is 33.4 Å². The third-order valence-corrected chi connectivity index (χ3v) is 5.57. The van der Waals surface area contributed by atoms with E-state index in [2.05, 4.69) is 6.58 Å². The number of sulfonamides is 1. The van der Waals surface area contributed by atoms with Crippen molar-refractivity contribution in [3.63, 3.8) is 0 Å². The van der Waals surface area contributed by atoms with Crippen molar-refractivity contribution in [3.8, 4) is 5.75 Å². The van der Waals surface area contributed by atoms with Gasteiger partial charge in [0.2, 0.25) is 10.0 Å². The second kappa shape index (κ2) is 10.5. The van der Waals surface area contributed by atoms with Crippen molar-refractivity contribution in [1.29, 1.82) is 0 Å². The van der Waals surface area contributed by atoms with E-state index >= 15 is 0 Å². The maximum atomic E-state index is 13.0. The van der Waals surface area contributed by atoms with Crippen LogP contribution >= 0.6 is 0 Å². The summed E-state index contributed by atoms with van der Waals surface area (Å²) < 4.78 is 42.9. The zero-order chi connectivity index (χ0) is 21.4. The number of benzene rings is 1. The van der Waals surface area contributed by atoms with Gasteiger partial charge in [-0.2, -0.15) is 4.31 Å². The molecular weight excluding hydrogens is 388 g/mol. The number of ether oxygens (including phenoxy) is 3. The predicted molar refractivity (Wildman–Crippen MR) is 102 cm³/mol. The molecule has 1 saturated heterocycles. The number of carbonyl (C=O) groups is 1. The van der Waals surface area contributed by atoms with Gasteiger partial charge in [-0.1, -0.05) is 20.4 Å². The molecule has 1 aromatic rings. The summed E-state index contributed by atoms with van der Waals surface area (Å²) in [5.41, 5.74) is 2.16. The largest absolute Gasteiger partial charge is 0.497 e. The van der Waals surface area contributed by atoms with Gasteiger partial charge < -0.3 is 14.2 Å². The molecule has 1 aromatic carbocycles. The van der Waals surface area contributed by atoms with E-state index in [0.717, 1.165) is 9.88 Å². The van der Waals surface area contributed by atoms with Gasteiger partial charge in [-0.25, -0.2) is 13.9 Å². The minimum absolute atomic E-state index is 0.0344. The summed E-state index contributed by atoms with van der Waals surface area (Å²) in [5, 5.41) is 8.78. The highest BCUT2D eigenvalue weighted by atomic mass is 32.2. The first kappa shape index (κ1) is 24.1. The molecule has 1 amide bonds. The zero-order valence-corrected chi connectivity index (χ0v) is 17.4. The number of nitrogens with zero attached hydrogens (tertiary/aromatic N) is 1. The van der Waals surface area contributed by atoms with E-state index in [9.17, 15) is 13.2 Å². The van der Waals surface area contributed by atoms with Crippen molar-refractivity contribution in [2.45, 2.75) is 31.5 Å². The molecule has 0 bridgehead atoms. The van der Waals surface area contributed by atoms with Gasteiger partial charge in [-0.05, 0) is 36.8 Å². The molecule has 1 fully saturated rings. The summed E-state index contributed by atoms with van der Waals surface area (Å²) in [5.74, 6) is -1.64. The van der Waals surface area contributed by atoms with E-state index in [1.807, 2.05) is 13.8 Å². The lowest BCUT2D eigenvalue weighted by atomic mass is 10.2. The molecule has 0 atom stereocenters. The third-order valence-electron chi connectivity index (χ3n) is 3.77. The van der Waals surface area contributed by atoms with E-state index in [4.69, 9.17) is 19.4 Å². The Hall–Kier alpha value is -1.98. The molecule has 0 aliphatic carbocycles. The number of nitrogens with one attached hydrogen (secondary N) is 1. The molecule has 0 saturated carbocycles. The van der Waals surface area contributed by atoms with Crippen molar-refractivity contribution < 1.29 is 32.6 Å². The Morgan fingerprint density at radius 2 is 1.82 bits per heavy atom. The first-order chi connectivity index (χ1) is 13.2. The highest BCUT2D eigenvalue weighted by Gasteiger charge is 2.38. The number of hydrogen-bond donors (Lipinski definition) is 2. The van der Waals surface area contributed by atoms with Crippen molar-refractivity contribution >= 4 is 15.9 Å².